The normalized spacial score (nSPS) is 19.3. The van der Waals surface area contributed by atoms with Crippen LogP contribution in [0.5, 0.6) is 0 Å². The van der Waals surface area contributed by atoms with Crippen LogP contribution in [0.2, 0.25) is 5.02 Å². The lowest BCUT2D eigenvalue weighted by atomic mass is 9.97. The van der Waals surface area contributed by atoms with Crippen LogP contribution in [0.4, 0.5) is 11.4 Å². The summed E-state index contributed by atoms with van der Waals surface area (Å²) in [6.07, 6.45) is 1.83. The molecule has 1 aliphatic heterocycles. The molecule has 0 amide bonds. The number of nitrogen functional groups attached to an aromatic ring is 1. The second-order valence-corrected chi connectivity index (χ2v) is 5.38. The standard InChI is InChI=1S/C14H19ClN2O2/c1-9-6-11(16)7-12(15)13(9)17-5-3-4-10(8-17)14(18)19-2/h6-7,10H,3-5,8,16H2,1-2H3. The number of rotatable bonds is 2. The van der Waals surface area contributed by atoms with Gasteiger partial charge in [-0.1, -0.05) is 11.6 Å². The van der Waals surface area contributed by atoms with E-state index < -0.39 is 0 Å². The van der Waals surface area contributed by atoms with Crippen LogP contribution in [0.1, 0.15) is 18.4 Å². The van der Waals surface area contributed by atoms with Crippen molar-refractivity contribution in [3.8, 4) is 0 Å². The molecule has 1 unspecified atom stereocenters. The lowest BCUT2D eigenvalue weighted by Gasteiger charge is -2.34. The maximum Gasteiger partial charge on any atom is 0.310 e. The van der Waals surface area contributed by atoms with Crippen LogP contribution in [0.3, 0.4) is 0 Å². The first-order chi connectivity index (χ1) is 9.02. The summed E-state index contributed by atoms with van der Waals surface area (Å²) in [7, 11) is 1.43. The topological polar surface area (TPSA) is 55.6 Å². The Hall–Kier alpha value is -1.42. The molecule has 0 saturated carbocycles. The summed E-state index contributed by atoms with van der Waals surface area (Å²) in [5.74, 6) is -0.222. The Labute approximate surface area is 118 Å². The fraction of sp³-hybridized carbons (Fsp3) is 0.500. The summed E-state index contributed by atoms with van der Waals surface area (Å²) in [6, 6.07) is 3.66. The van der Waals surface area contributed by atoms with Gasteiger partial charge in [0.05, 0.1) is 23.7 Å². The Bertz CT molecular complexity index is 467. The third-order valence-corrected chi connectivity index (χ3v) is 3.84. The largest absolute Gasteiger partial charge is 0.469 e. The van der Waals surface area contributed by atoms with Crippen molar-refractivity contribution < 1.29 is 9.53 Å². The van der Waals surface area contributed by atoms with Crippen LogP contribution in [0.25, 0.3) is 0 Å². The molecule has 1 aromatic rings. The predicted octanol–water partition coefficient (Wildman–Crippen LogP) is 2.62. The van der Waals surface area contributed by atoms with Gasteiger partial charge in [0, 0.05) is 18.8 Å². The zero-order valence-corrected chi connectivity index (χ0v) is 12.0. The number of carbonyl (C=O) groups excluding carboxylic acids is 1. The van der Waals surface area contributed by atoms with E-state index in [1.165, 1.54) is 7.11 Å². The fourth-order valence-electron chi connectivity index (χ4n) is 2.70. The van der Waals surface area contributed by atoms with Gasteiger partial charge >= 0.3 is 5.97 Å². The number of aryl methyl sites for hydroxylation is 1. The van der Waals surface area contributed by atoms with Crippen LogP contribution < -0.4 is 10.6 Å². The van der Waals surface area contributed by atoms with Gasteiger partial charge in [0.25, 0.3) is 0 Å². The molecule has 1 atom stereocenters. The molecule has 19 heavy (non-hydrogen) atoms. The first-order valence-corrected chi connectivity index (χ1v) is 6.79. The Kier molecular flexibility index (Phi) is 4.20. The van der Waals surface area contributed by atoms with Crippen molar-refractivity contribution in [1.82, 2.24) is 0 Å². The number of hydrogen-bond donors (Lipinski definition) is 1. The van der Waals surface area contributed by atoms with Crippen LogP contribution in [0, 0.1) is 12.8 Å². The van der Waals surface area contributed by atoms with E-state index in [9.17, 15) is 4.79 Å². The summed E-state index contributed by atoms with van der Waals surface area (Å²) in [5.41, 5.74) is 8.45. The number of nitrogens with two attached hydrogens (primary N) is 1. The smallest absolute Gasteiger partial charge is 0.310 e. The van der Waals surface area contributed by atoms with E-state index in [2.05, 4.69) is 4.90 Å². The Balaban J connectivity index is 2.25. The molecular formula is C14H19ClN2O2. The van der Waals surface area contributed by atoms with Gasteiger partial charge in [-0.3, -0.25) is 4.79 Å². The highest BCUT2D eigenvalue weighted by atomic mass is 35.5. The molecule has 0 aliphatic carbocycles. The molecule has 2 N–H and O–H groups in total. The molecule has 1 heterocycles. The molecule has 1 aliphatic rings. The monoisotopic (exact) mass is 282 g/mol. The molecule has 1 aromatic carbocycles. The van der Waals surface area contributed by atoms with Gasteiger partial charge in [-0.2, -0.15) is 0 Å². The molecule has 1 fully saturated rings. The number of anilines is 2. The lowest BCUT2D eigenvalue weighted by Crippen LogP contribution is -2.39. The molecule has 2 rings (SSSR count). The van der Waals surface area contributed by atoms with Crippen molar-refractivity contribution in [3.05, 3.63) is 22.7 Å². The number of benzene rings is 1. The number of ether oxygens (including phenoxy) is 1. The number of esters is 1. The summed E-state index contributed by atoms with van der Waals surface area (Å²) in [4.78, 5) is 13.8. The average molecular weight is 283 g/mol. The zero-order valence-electron chi connectivity index (χ0n) is 11.3. The molecular weight excluding hydrogens is 264 g/mol. The minimum Gasteiger partial charge on any atom is -0.469 e. The predicted molar refractivity (Wildman–Crippen MR) is 77.6 cm³/mol. The van der Waals surface area contributed by atoms with E-state index in [1.54, 1.807) is 6.07 Å². The summed E-state index contributed by atoms with van der Waals surface area (Å²) in [6.45, 7) is 3.54. The van der Waals surface area contributed by atoms with Crippen LogP contribution in [0.15, 0.2) is 12.1 Å². The second-order valence-electron chi connectivity index (χ2n) is 4.98. The van der Waals surface area contributed by atoms with Gasteiger partial charge in [0.1, 0.15) is 0 Å². The lowest BCUT2D eigenvalue weighted by molar-refractivity contribution is -0.145. The summed E-state index contributed by atoms with van der Waals surface area (Å²) >= 11 is 6.29. The molecule has 4 nitrogen and oxygen atoms in total. The average Bonchev–Trinajstić information content (AvgIpc) is 2.37. The zero-order chi connectivity index (χ0) is 14.0. The SMILES string of the molecule is COC(=O)C1CCCN(c2c(C)cc(N)cc2Cl)C1. The highest BCUT2D eigenvalue weighted by Gasteiger charge is 2.28. The quantitative estimate of drug-likeness (QED) is 0.669. The summed E-state index contributed by atoms with van der Waals surface area (Å²) in [5, 5.41) is 0.642. The first-order valence-electron chi connectivity index (χ1n) is 6.41. The molecule has 1 saturated heterocycles. The van der Waals surface area contributed by atoms with Gasteiger partial charge in [-0.05, 0) is 37.5 Å². The van der Waals surface area contributed by atoms with Crippen molar-refractivity contribution in [1.29, 1.82) is 0 Å². The van der Waals surface area contributed by atoms with E-state index in [4.69, 9.17) is 22.1 Å². The van der Waals surface area contributed by atoms with Gasteiger partial charge in [-0.25, -0.2) is 0 Å². The maximum absolute atomic E-state index is 11.7. The third-order valence-electron chi connectivity index (χ3n) is 3.55. The molecule has 0 aromatic heterocycles. The minimum atomic E-state index is -0.145. The van der Waals surface area contributed by atoms with Gasteiger partial charge in [-0.15, -0.1) is 0 Å². The number of hydrogen-bond acceptors (Lipinski definition) is 4. The van der Waals surface area contributed by atoms with Crippen molar-refractivity contribution in [2.24, 2.45) is 5.92 Å². The molecule has 5 heteroatoms. The van der Waals surface area contributed by atoms with Crippen LogP contribution >= 0.6 is 11.6 Å². The van der Waals surface area contributed by atoms with Crippen LogP contribution in [-0.4, -0.2) is 26.2 Å². The molecule has 104 valence electrons. The third kappa shape index (κ3) is 2.95. The van der Waals surface area contributed by atoms with E-state index in [-0.39, 0.29) is 11.9 Å². The number of nitrogens with zero attached hydrogens (tertiary/aromatic N) is 1. The van der Waals surface area contributed by atoms with Gasteiger partial charge in [0.2, 0.25) is 0 Å². The summed E-state index contributed by atoms with van der Waals surface area (Å²) < 4.78 is 4.83. The fourth-order valence-corrected chi connectivity index (χ4v) is 3.10. The number of piperidine rings is 1. The molecule has 0 bridgehead atoms. The van der Waals surface area contributed by atoms with Gasteiger partial charge in [0.15, 0.2) is 0 Å². The number of carbonyl (C=O) groups is 1. The van der Waals surface area contributed by atoms with E-state index in [0.717, 1.165) is 30.6 Å². The van der Waals surface area contributed by atoms with E-state index >= 15 is 0 Å². The molecule has 0 radical (unpaired) electrons. The van der Waals surface area contributed by atoms with Gasteiger partial charge < -0.3 is 15.4 Å². The van der Waals surface area contributed by atoms with E-state index in [0.29, 0.717) is 17.3 Å². The van der Waals surface area contributed by atoms with E-state index in [1.807, 2.05) is 13.0 Å². The van der Waals surface area contributed by atoms with Crippen molar-refractivity contribution in [2.75, 3.05) is 30.8 Å². The van der Waals surface area contributed by atoms with Crippen molar-refractivity contribution in [2.45, 2.75) is 19.8 Å². The van der Waals surface area contributed by atoms with Crippen molar-refractivity contribution >= 4 is 28.9 Å². The Morgan fingerprint density at radius 1 is 1.53 bits per heavy atom. The number of halogens is 1. The maximum atomic E-state index is 11.7. The minimum absolute atomic E-state index is 0.0771. The van der Waals surface area contributed by atoms with Crippen molar-refractivity contribution in [3.63, 3.8) is 0 Å². The van der Waals surface area contributed by atoms with Crippen LogP contribution in [-0.2, 0) is 9.53 Å². The highest BCUT2D eigenvalue weighted by Crippen LogP contribution is 2.34. The first kappa shape index (κ1) is 14.0. The highest BCUT2D eigenvalue weighted by molar-refractivity contribution is 6.33. The molecule has 0 spiro atoms. The second kappa shape index (κ2) is 5.70. The Morgan fingerprint density at radius 3 is 2.89 bits per heavy atom. The number of methoxy groups -OCH3 is 1. The Morgan fingerprint density at radius 2 is 2.26 bits per heavy atom.